The summed E-state index contributed by atoms with van der Waals surface area (Å²) in [5, 5.41) is 0. The molecule has 0 spiro atoms. The molecule has 3 heteroatoms. The molecule has 1 unspecified atom stereocenters. The molecule has 0 saturated carbocycles. The number of hydrogen-bond acceptors (Lipinski definition) is 3. The minimum Gasteiger partial charge on any atom is -0.489 e. The second kappa shape index (κ2) is 4.32. The van der Waals surface area contributed by atoms with E-state index in [0.717, 1.165) is 11.3 Å². The maximum absolute atomic E-state index is 11.6. The van der Waals surface area contributed by atoms with Crippen LogP contribution in [0.3, 0.4) is 0 Å². The summed E-state index contributed by atoms with van der Waals surface area (Å²) in [4.78, 5) is 11.6. The van der Waals surface area contributed by atoms with E-state index >= 15 is 0 Å². The predicted molar refractivity (Wildman–Crippen MR) is 62.8 cm³/mol. The summed E-state index contributed by atoms with van der Waals surface area (Å²) in [5.74, 6) is 0.432. The Bertz CT molecular complexity index is 345. The molecule has 0 aromatic carbocycles. The molecule has 1 aliphatic rings. The Balaban J connectivity index is 3.04. The normalized spacial score (nSPS) is 20.7. The quantitative estimate of drug-likeness (QED) is 0.534. The van der Waals surface area contributed by atoms with Gasteiger partial charge in [-0.2, -0.15) is 0 Å². The number of carbonyl (C=O) groups is 1. The lowest BCUT2D eigenvalue weighted by atomic mass is 9.90. The first-order valence-corrected chi connectivity index (χ1v) is 5.41. The maximum Gasteiger partial charge on any atom is 0.337 e. The van der Waals surface area contributed by atoms with E-state index in [4.69, 9.17) is 9.47 Å². The molecule has 90 valence electrons. The summed E-state index contributed by atoms with van der Waals surface area (Å²) in [7, 11) is 1.39. The molecule has 0 aliphatic carbocycles. The summed E-state index contributed by atoms with van der Waals surface area (Å²) < 4.78 is 10.6. The lowest BCUT2D eigenvalue weighted by Gasteiger charge is -2.23. The SMILES string of the molecule is C=C(C)C1CC(C(=O)OC)=C(C(C)(C)C)O1. The van der Waals surface area contributed by atoms with Crippen LogP contribution < -0.4 is 0 Å². The summed E-state index contributed by atoms with van der Waals surface area (Å²) in [6.45, 7) is 11.8. The number of methoxy groups -OCH3 is 1. The van der Waals surface area contributed by atoms with E-state index in [2.05, 4.69) is 6.58 Å². The van der Waals surface area contributed by atoms with Crippen LogP contribution in [0.25, 0.3) is 0 Å². The Hall–Kier alpha value is -1.25. The molecule has 1 heterocycles. The molecular weight excluding hydrogens is 204 g/mol. The molecular formula is C13H20O3. The maximum atomic E-state index is 11.6. The first-order valence-electron chi connectivity index (χ1n) is 5.41. The van der Waals surface area contributed by atoms with E-state index in [1.54, 1.807) is 0 Å². The topological polar surface area (TPSA) is 35.5 Å². The minimum absolute atomic E-state index is 0.0941. The first-order chi connectivity index (χ1) is 7.27. The van der Waals surface area contributed by atoms with Crippen molar-refractivity contribution in [1.29, 1.82) is 0 Å². The smallest absolute Gasteiger partial charge is 0.337 e. The standard InChI is InChI=1S/C13H20O3/c1-8(2)10-7-9(12(14)15-6)11(16-10)13(3,4)5/h10H,1,7H2,2-6H3. The highest BCUT2D eigenvalue weighted by molar-refractivity contribution is 5.89. The van der Waals surface area contributed by atoms with Gasteiger partial charge in [0.25, 0.3) is 0 Å². The van der Waals surface area contributed by atoms with Gasteiger partial charge in [-0.1, -0.05) is 27.4 Å². The van der Waals surface area contributed by atoms with E-state index < -0.39 is 0 Å². The summed E-state index contributed by atoms with van der Waals surface area (Å²) in [6.07, 6.45) is 0.470. The van der Waals surface area contributed by atoms with Gasteiger partial charge in [0.05, 0.1) is 12.7 Å². The van der Waals surface area contributed by atoms with Crippen molar-refractivity contribution in [3.63, 3.8) is 0 Å². The zero-order chi connectivity index (χ0) is 12.5. The van der Waals surface area contributed by atoms with Crippen LogP contribution in [0.1, 0.15) is 34.1 Å². The molecule has 0 aromatic rings. The van der Waals surface area contributed by atoms with Crippen molar-refractivity contribution in [3.05, 3.63) is 23.5 Å². The zero-order valence-electron chi connectivity index (χ0n) is 10.7. The Morgan fingerprint density at radius 2 is 2.06 bits per heavy atom. The molecule has 0 bridgehead atoms. The monoisotopic (exact) mass is 224 g/mol. The van der Waals surface area contributed by atoms with Crippen molar-refractivity contribution < 1.29 is 14.3 Å². The lowest BCUT2D eigenvalue weighted by molar-refractivity contribution is -0.136. The van der Waals surface area contributed by atoms with Crippen molar-refractivity contribution in [2.75, 3.05) is 7.11 Å². The number of allylic oxidation sites excluding steroid dienone is 1. The molecule has 1 rings (SSSR count). The fraction of sp³-hybridized carbons (Fsp3) is 0.615. The largest absolute Gasteiger partial charge is 0.489 e. The molecule has 0 aromatic heterocycles. The van der Waals surface area contributed by atoms with Crippen molar-refractivity contribution in [1.82, 2.24) is 0 Å². The number of esters is 1. The van der Waals surface area contributed by atoms with E-state index in [9.17, 15) is 4.79 Å². The van der Waals surface area contributed by atoms with Crippen LogP contribution in [0, 0.1) is 5.41 Å². The summed E-state index contributed by atoms with van der Waals surface area (Å²) in [5.41, 5.74) is 1.39. The van der Waals surface area contributed by atoms with Gasteiger partial charge < -0.3 is 9.47 Å². The van der Waals surface area contributed by atoms with Gasteiger partial charge in [0.15, 0.2) is 0 Å². The van der Waals surface area contributed by atoms with Gasteiger partial charge in [-0.15, -0.1) is 0 Å². The minimum atomic E-state index is -0.298. The van der Waals surface area contributed by atoms with Gasteiger partial charge in [-0.3, -0.25) is 0 Å². The fourth-order valence-electron chi connectivity index (χ4n) is 1.74. The van der Waals surface area contributed by atoms with Crippen LogP contribution in [0.4, 0.5) is 0 Å². The molecule has 0 saturated heterocycles. The molecule has 1 aliphatic heterocycles. The number of carbonyl (C=O) groups excluding carboxylic acids is 1. The van der Waals surface area contributed by atoms with E-state index in [0.29, 0.717) is 12.0 Å². The van der Waals surface area contributed by atoms with Crippen LogP contribution in [0.2, 0.25) is 0 Å². The average Bonchev–Trinajstić information content (AvgIpc) is 2.60. The van der Waals surface area contributed by atoms with E-state index in [-0.39, 0.29) is 17.5 Å². The molecule has 0 radical (unpaired) electrons. The molecule has 1 atom stereocenters. The van der Waals surface area contributed by atoms with E-state index in [1.807, 2.05) is 27.7 Å². The lowest BCUT2D eigenvalue weighted by Crippen LogP contribution is -2.15. The van der Waals surface area contributed by atoms with Crippen LogP contribution in [0.15, 0.2) is 23.5 Å². The second-order valence-electron chi connectivity index (χ2n) is 5.21. The van der Waals surface area contributed by atoms with Crippen LogP contribution >= 0.6 is 0 Å². The van der Waals surface area contributed by atoms with Gasteiger partial charge in [0.1, 0.15) is 11.9 Å². The molecule has 16 heavy (non-hydrogen) atoms. The molecule has 0 amide bonds. The van der Waals surface area contributed by atoms with Crippen molar-refractivity contribution in [2.24, 2.45) is 5.41 Å². The van der Waals surface area contributed by atoms with E-state index in [1.165, 1.54) is 7.11 Å². The highest BCUT2D eigenvalue weighted by Crippen LogP contribution is 2.39. The van der Waals surface area contributed by atoms with Gasteiger partial charge in [0, 0.05) is 11.8 Å². The third-order valence-corrected chi connectivity index (χ3v) is 2.59. The third-order valence-electron chi connectivity index (χ3n) is 2.59. The van der Waals surface area contributed by atoms with Gasteiger partial charge in [-0.25, -0.2) is 4.79 Å². The van der Waals surface area contributed by atoms with Crippen molar-refractivity contribution in [3.8, 4) is 0 Å². The van der Waals surface area contributed by atoms with Crippen LogP contribution in [0.5, 0.6) is 0 Å². The predicted octanol–water partition coefficient (Wildman–Crippen LogP) is 2.82. The molecule has 0 fully saturated rings. The Morgan fingerprint density at radius 1 is 1.50 bits per heavy atom. The third kappa shape index (κ3) is 2.46. The van der Waals surface area contributed by atoms with Gasteiger partial charge in [0.2, 0.25) is 0 Å². The van der Waals surface area contributed by atoms with Gasteiger partial charge >= 0.3 is 5.97 Å². The number of rotatable bonds is 2. The number of hydrogen-bond donors (Lipinski definition) is 0. The highest BCUT2D eigenvalue weighted by atomic mass is 16.5. The molecule has 0 N–H and O–H groups in total. The van der Waals surface area contributed by atoms with Crippen LogP contribution in [-0.4, -0.2) is 19.2 Å². The van der Waals surface area contributed by atoms with Crippen molar-refractivity contribution >= 4 is 5.97 Å². The molecule has 3 nitrogen and oxygen atoms in total. The zero-order valence-corrected chi connectivity index (χ0v) is 10.7. The number of ether oxygens (including phenoxy) is 2. The summed E-state index contributed by atoms with van der Waals surface area (Å²) in [6, 6.07) is 0. The van der Waals surface area contributed by atoms with Crippen LogP contribution in [-0.2, 0) is 14.3 Å². The van der Waals surface area contributed by atoms with Gasteiger partial charge in [-0.05, 0) is 12.5 Å². The highest BCUT2D eigenvalue weighted by Gasteiger charge is 2.36. The average molecular weight is 224 g/mol. The van der Waals surface area contributed by atoms with Crippen molar-refractivity contribution in [2.45, 2.75) is 40.2 Å². The Labute approximate surface area is 97.1 Å². The Morgan fingerprint density at radius 3 is 2.44 bits per heavy atom. The fourth-order valence-corrected chi connectivity index (χ4v) is 1.74. The second-order valence-corrected chi connectivity index (χ2v) is 5.21. The first kappa shape index (κ1) is 12.8. The Kier molecular flexibility index (Phi) is 3.46. The summed E-state index contributed by atoms with van der Waals surface area (Å²) >= 11 is 0.